The van der Waals surface area contributed by atoms with Crippen LogP contribution in [0.4, 0.5) is 0 Å². The Labute approximate surface area is 95.9 Å². The molecule has 0 aromatic carbocycles. The Morgan fingerprint density at radius 1 is 1.38 bits per heavy atom. The van der Waals surface area contributed by atoms with Crippen LogP contribution in [0.15, 0.2) is 24.8 Å². The summed E-state index contributed by atoms with van der Waals surface area (Å²) in [5.74, 6) is -0.669. The molecule has 0 aliphatic rings. The number of rotatable bonds is 7. The number of hydrogen-bond donors (Lipinski definition) is 0. The second-order valence-corrected chi connectivity index (χ2v) is 3.14. The van der Waals surface area contributed by atoms with E-state index in [9.17, 15) is 9.59 Å². The molecule has 0 spiro atoms. The predicted molar refractivity (Wildman–Crippen MR) is 60.7 cm³/mol. The highest BCUT2D eigenvalue weighted by molar-refractivity contribution is 5.71. The summed E-state index contributed by atoms with van der Waals surface area (Å²) in [5.41, 5.74) is 0. The van der Waals surface area contributed by atoms with Gasteiger partial charge in [-0.15, -0.1) is 6.58 Å². The number of esters is 2. The fourth-order valence-electron chi connectivity index (χ4n) is 0.975. The Hall–Kier alpha value is -1.58. The first-order valence-corrected chi connectivity index (χ1v) is 5.18. The van der Waals surface area contributed by atoms with Crippen molar-refractivity contribution in [1.82, 2.24) is 0 Å². The maximum Gasteiger partial charge on any atom is 0.309 e. The van der Waals surface area contributed by atoms with Gasteiger partial charge in [0.1, 0.15) is 6.61 Å². The van der Waals surface area contributed by atoms with Gasteiger partial charge in [-0.1, -0.05) is 18.2 Å². The lowest BCUT2D eigenvalue weighted by molar-refractivity contribution is -0.142. The Bertz CT molecular complexity index is 268. The molecule has 0 radical (unpaired) electrons. The van der Waals surface area contributed by atoms with Gasteiger partial charge in [-0.3, -0.25) is 9.59 Å². The van der Waals surface area contributed by atoms with Crippen LogP contribution in [-0.4, -0.2) is 25.2 Å². The summed E-state index contributed by atoms with van der Waals surface area (Å²) in [4.78, 5) is 21.6. The minimum Gasteiger partial charge on any atom is -0.466 e. The van der Waals surface area contributed by atoms with E-state index in [1.54, 1.807) is 25.2 Å². The molecular weight excluding hydrogens is 208 g/mol. The van der Waals surface area contributed by atoms with E-state index in [2.05, 4.69) is 6.58 Å². The van der Waals surface area contributed by atoms with E-state index >= 15 is 0 Å². The molecular formula is C12H18O4. The topological polar surface area (TPSA) is 52.6 Å². The Morgan fingerprint density at radius 3 is 2.56 bits per heavy atom. The summed E-state index contributed by atoms with van der Waals surface area (Å²) in [7, 11) is 0. The second-order valence-electron chi connectivity index (χ2n) is 3.14. The summed E-state index contributed by atoms with van der Waals surface area (Å²) in [5, 5.41) is 0. The van der Waals surface area contributed by atoms with E-state index in [0.29, 0.717) is 6.61 Å². The molecule has 0 aromatic rings. The van der Waals surface area contributed by atoms with Gasteiger partial charge in [-0.25, -0.2) is 0 Å². The van der Waals surface area contributed by atoms with Crippen molar-refractivity contribution in [3.8, 4) is 0 Å². The first-order chi connectivity index (χ1) is 7.60. The van der Waals surface area contributed by atoms with Crippen molar-refractivity contribution in [2.24, 2.45) is 5.92 Å². The third-order valence-corrected chi connectivity index (χ3v) is 1.75. The number of carbonyl (C=O) groups is 2. The van der Waals surface area contributed by atoms with Crippen LogP contribution in [0.1, 0.15) is 20.3 Å². The standard InChI is InChI=1S/C12H18O4/c1-4-11(9-16-10(3)13)7-6-8-12(14)15-5-2/h4,6-7,11H,1,5,8-9H2,2-3H3/b7-6-/t11-/m1/s1. The van der Waals surface area contributed by atoms with E-state index in [1.807, 2.05) is 0 Å². The molecule has 0 fully saturated rings. The maximum atomic E-state index is 11.0. The molecule has 0 aliphatic carbocycles. The highest BCUT2D eigenvalue weighted by atomic mass is 16.5. The van der Waals surface area contributed by atoms with Crippen molar-refractivity contribution >= 4 is 11.9 Å². The molecule has 1 atom stereocenters. The summed E-state index contributed by atoms with van der Waals surface area (Å²) in [6.07, 6.45) is 5.34. The summed E-state index contributed by atoms with van der Waals surface area (Å²) in [6, 6.07) is 0. The Balaban J connectivity index is 3.92. The summed E-state index contributed by atoms with van der Waals surface area (Å²) < 4.78 is 9.58. The predicted octanol–water partition coefficient (Wildman–Crippen LogP) is 1.86. The molecule has 4 heteroatoms. The Morgan fingerprint density at radius 2 is 2.06 bits per heavy atom. The van der Waals surface area contributed by atoms with Crippen molar-refractivity contribution in [1.29, 1.82) is 0 Å². The summed E-state index contributed by atoms with van der Waals surface area (Å²) >= 11 is 0. The highest BCUT2D eigenvalue weighted by Crippen LogP contribution is 2.03. The van der Waals surface area contributed by atoms with Crippen LogP contribution < -0.4 is 0 Å². The van der Waals surface area contributed by atoms with Crippen molar-refractivity contribution in [2.75, 3.05) is 13.2 Å². The smallest absolute Gasteiger partial charge is 0.309 e. The minimum absolute atomic E-state index is 0.0710. The van der Waals surface area contributed by atoms with Crippen molar-refractivity contribution in [3.63, 3.8) is 0 Å². The summed E-state index contributed by atoms with van der Waals surface area (Å²) in [6.45, 7) is 7.35. The average molecular weight is 226 g/mol. The molecule has 0 rings (SSSR count). The lowest BCUT2D eigenvalue weighted by Crippen LogP contribution is -2.08. The zero-order valence-corrected chi connectivity index (χ0v) is 9.77. The van der Waals surface area contributed by atoms with E-state index in [-0.39, 0.29) is 30.9 Å². The highest BCUT2D eigenvalue weighted by Gasteiger charge is 2.03. The minimum atomic E-state index is -0.328. The van der Waals surface area contributed by atoms with Crippen molar-refractivity contribution in [2.45, 2.75) is 20.3 Å². The first-order valence-electron chi connectivity index (χ1n) is 5.18. The van der Waals surface area contributed by atoms with Crippen LogP contribution in [0.25, 0.3) is 0 Å². The zero-order valence-electron chi connectivity index (χ0n) is 9.77. The molecule has 4 nitrogen and oxygen atoms in total. The van der Waals surface area contributed by atoms with E-state index < -0.39 is 0 Å². The van der Waals surface area contributed by atoms with Gasteiger partial charge in [-0.05, 0) is 6.92 Å². The van der Waals surface area contributed by atoms with Crippen molar-refractivity contribution in [3.05, 3.63) is 24.8 Å². The molecule has 0 unspecified atom stereocenters. The normalized spacial score (nSPS) is 12.1. The van der Waals surface area contributed by atoms with Gasteiger partial charge < -0.3 is 9.47 Å². The molecule has 0 saturated carbocycles. The lowest BCUT2D eigenvalue weighted by atomic mass is 10.1. The largest absolute Gasteiger partial charge is 0.466 e. The number of carbonyl (C=O) groups excluding carboxylic acids is 2. The van der Waals surface area contributed by atoms with Gasteiger partial charge in [0.25, 0.3) is 0 Å². The van der Waals surface area contributed by atoms with Crippen molar-refractivity contribution < 1.29 is 19.1 Å². The SMILES string of the molecule is C=C[C@H](/C=C\CC(=O)OCC)COC(C)=O. The Kier molecular flexibility index (Phi) is 7.85. The van der Waals surface area contributed by atoms with Gasteiger partial charge in [0.2, 0.25) is 0 Å². The van der Waals surface area contributed by atoms with Gasteiger partial charge in [0.05, 0.1) is 13.0 Å². The van der Waals surface area contributed by atoms with Crippen LogP contribution in [0, 0.1) is 5.92 Å². The quantitative estimate of drug-likeness (QED) is 0.491. The van der Waals surface area contributed by atoms with Gasteiger partial charge >= 0.3 is 11.9 Å². The average Bonchev–Trinajstić information content (AvgIpc) is 2.23. The number of ether oxygens (including phenoxy) is 2. The van der Waals surface area contributed by atoms with E-state index in [1.165, 1.54) is 6.92 Å². The van der Waals surface area contributed by atoms with Crippen LogP contribution in [0.2, 0.25) is 0 Å². The zero-order chi connectivity index (χ0) is 12.4. The van der Waals surface area contributed by atoms with Gasteiger partial charge in [0.15, 0.2) is 0 Å². The molecule has 90 valence electrons. The fourth-order valence-corrected chi connectivity index (χ4v) is 0.975. The molecule has 0 aliphatic heterocycles. The monoisotopic (exact) mass is 226 g/mol. The van der Waals surface area contributed by atoms with Crippen LogP contribution in [0.3, 0.4) is 0 Å². The molecule has 0 N–H and O–H groups in total. The maximum absolute atomic E-state index is 11.0. The van der Waals surface area contributed by atoms with Crippen LogP contribution in [-0.2, 0) is 19.1 Å². The van der Waals surface area contributed by atoms with E-state index in [4.69, 9.17) is 9.47 Å². The van der Waals surface area contributed by atoms with Crippen LogP contribution >= 0.6 is 0 Å². The lowest BCUT2D eigenvalue weighted by Gasteiger charge is -2.06. The van der Waals surface area contributed by atoms with Gasteiger partial charge in [-0.2, -0.15) is 0 Å². The molecule has 0 aromatic heterocycles. The van der Waals surface area contributed by atoms with Gasteiger partial charge in [0, 0.05) is 12.8 Å². The van der Waals surface area contributed by atoms with E-state index in [0.717, 1.165) is 0 Å². The molecule has 0 heterocycles. The van der Waals surface area contributed by atoms with Crippen LogP contribution in [0.5, 0.6) is 0 Å². The third kappa shape index (κ3) is 7.79. The third-order valence-electron chi connectivity index (χ3n) is 1.75. The first kappa shape index (κ1) is 14.4. The molecule has 0 bridgehead atoms. The molecule has 0 saturated heterocycles. The molecule has 16 heavy (non-hydrogen) atoms. The molecule has 0 amide bonds. The number of hydrogen-bond acceptors (Lipinski definition) is 4. The fraction of sp³-hybridized carbons (Fsp3) is 0.500. The second kappa shape index (κ2) is 8.71.